The smallest absolute Gasteiger partial charge is 0.264 e. The number of hydrogen-bond acceptors (Lipinski definition) is 5. The SMILES string of the molecule is O=C(c1ccc(NS(=O)(=O)c2cccc3cccnc23)c(F)c1)N1CCN(Cc2ccc(Cl)cc2)CC1. The second-order valence-corrected chi connectivity index (χ2v) is 10.9. The van der Waals surface area contributed by atoms with Gasteiger partial charge in [0.05, 0.1) is 11.2 Å². The molecule has 0 atom stereocenters. The number of anilines is 1. The van der Waals surface area contributed by atoms with E-state index >= 15 is 0 Å². The number of amides is 1. The first kappa shape index (κ1) is 25.1. The van der Waals surface area contributed by atoms with Gasteiger partial charge >= 0.3 is 0 Å². The third kappa shape index (κ3) is 5.58. The van der Waals surface area contributed by atoms with Gasteiger partial charge in [0.15, 0.2) is 0 Å². The number of halogens is 2. The van der Waals surface area contributed by atoms with Gasteiger partial charge < -0.3 is 4.90 Å². The molecule has 3 aromatic carbocycles. The van der Waals surface area contributed by atoms with E-state index in [1.165, 1.54) is 24.4 Å². The highest BCUT2D eigenvalue weighted by molar-refractivity contribution is 7.93. The lowest BCUT2D eigenvalue weighted by molar-refractivity contribution is 0.0628. The largest absolute Gasteiger partial charge is 0.336 e. The molecule has 0 unspecified atom stereocenters. The van der Waals surface area contributed by atoms with Crippen LogP contribution in [-0.4, -0.2) is 55.3 Å². The lowest BCUT2D eigenvalue weighted by Gasteiger charge is -2.34. The van der Waals surface area contributed by atoms with Gasteiger partial charge in [-0.2, -0.15) is 0 Å². The zero-order valence-electron chi connectivity index (χ0n) is 19.8. The van der Waals surface area contributed by atoms with E-state index in [2.05, 4.69) is 14.6 Å². The van der Waals surface area contributed by atoms with Gasteiger partial charge in [-0.25, -0.2) is 12.8 Å². The standard InChI is InChI=1S/C27H24ClFN4O3S/c28-22-9-6-19(7-10-22)18-32-13-15-33(16-14-32)27(34)21-8-11-24(23(29)17-21)31-37(35,36)25-5-1-3-20-4-2-12-30-26(20)25/h1-12,17,31H,13-16,18H2. The minimum absolute atomic E-state index is 0.0541. The molecule has 37 heavy (non-hydrogen) atoms. The molecule has 1 saturated heterocycles. The number of benzene rings is 3. The molecule has 1 aliphatic heterocycles. The van der Waals surface area contributed by atoms with Crippen LogP contribution < -0.4 is 4.72 Å². The minimum atomic E-state index is -4.11. The highest BCUT2D eigenvalue weighted by atomic mass is 35.5. The number of sulfonamides is 1. The van der Waals surface area contributed by atoms with Crippen molar-refractivity contribution < 1.29 is 17.6 Å². The van der Waals surface area contributed by atoms with Crippen LogP contribution in [0.15, 0.2) is 83.9 Å². The fraction of sp³-hybridized carbons (Fsp3) is 0.185. The number of nitrogens with one attached hydrogen (secondary N) is 1. The Hall–Kier alpha value is -3.53. The molecule has 1 fully saturated rings. The Morgan fingerprint density at radius 3 is 2.43 bits per heavy atom. The van der Waals surface area contributed by atoms with Crippen LogP contribution in [0.2, 0.25) is 5.02 Å². The molecule has 0 bridgehead atoms. The van der Waals surface area contributed by atoms with Crippen LogP contribution in [0.3, 0.4) is 0 Å². The zero-order valence-corrected chi connectivity index (χ0v) is 21.3. The molecule has 4 aromatic rings. The average molecular weight is 539 g/mol. The van der Waals surface area contributed by atoms with Crippen molar-refractivity contribution in [1.29, 1.82) is 0 Å². The molecule has 1 aromatic heterocycles. The van der Waals surface area contributed by atoms with Gasteiger partial charge in [0.1, 0.15) is 10.7 Å². The molecule has 0 spiro atoms. The number of pyridine rings is 1. The van der Waals surface area contributed by atoms with Gasteiger partial charge in [-0.05, 0) is 48.0 Å². The van der Waals surface area contributed by atoms with Crippen molar-refractivity contribution in [1.82, 2.24) is 14.8 Å². The molecule has 10 heteroatoms. The van der Waals surface area contributed by atoms with Gasteiger partial charge in [0.25, 0.3) is 15.9 Å². The third-order valence-electron chi connectivity index (χ3n) is 6.32. The van der Waals surface area contributed by atoms with Crippen LogP contribution in [0.25, 0.3) is 10.9 Å². The summed E-state index contributed by atoms with van der Waals surface area (Å²) in [7, 11) is -4.11. The molecule has 190 valence electrons. The van der Waals surface area contributed by atoms with Crippen LogP contribution >= 0.6 is 11.6 Å². The normalized spacial score (nSPS) is 14.6. The summed E-state index contributed by atoms with van der Waals surface area (Å²) in [5, 5.41) is 1.34. The molecule has 5 rings (SSSR count). The summed E-state index contributed by atoms with van der Waals surface area (Å²) in [6.07, 6.45) is 1.50. The molecule has 0 saturated carbocycles. The number of rotatable bonds is 6. The first-order valence-corrected chi connectivity index (χ1v) is 13.6. The first-order chi connectivity index (χ1) is 17.8. The number of piperazine rings is 1. The molecule has 7 nitrogen and oxygen atoms in total. The fourth-order valence-electron chi connectivity index (χ4n) is 4.36. The van der Waals surface area contributed by atoms with E-state index in [0.29, 0.717) is 42.1 Å². The van der Waals surface area contributed by atoms with Crippen molar-refractivity contribution in [3.05, 3.63) is 101 Å². The van der Waals surface area contributed by atoms with Crippen LogP contribution in [0.4, 0.5) is 10.1 Å². The number of para-hydroxylation sites is 1. The van der Waals surface area contributed by atoms with E-state index in [-0.39, 0.29) is 22.1 Å². The average Bonchev–Trinajstić information content (AvgIpc) is 2.91. The second kappa shape index (κ2) is 10.5. The van der Waals surface area contributed by atoms with E-state index in [0.717, 1.165) is 18.2 Å². The Kier molecular flexibility index (Phi) is 7.10. The molecular weight excluding hydrogens is 515 g/mol. The van der Waals surface area contributed by atoms with E-state index in [9.17, 15) is 17.6 Å². The Morgan fingerprint density at radius 1 is 0.973 bits per heavy atom. The summed E-state index contributed by atoms with van der Waals surface area (Å²) in [4.78, 5) is 21.0. The van der Waals surface area contributed by atoms with Gasteiger partial charge in [-0.15, -0.1) is 0 Å². The number of carbonyl (C=O) groups is 1. The van der Waals surface area contributed by atoms with Crippen molar-refractivity contribution in [2.24, 2.45) is 0 Å². The second-order valence-electron chi connectivity index (χ2n) is 8.83. The molecule has 1 aliphatic rings. The van der Waals surface area contributed by atoms with Crippen molar-refractivity contribution in [2.75, 3.05) is 30.9 Å². The predicted octanol–water partition coefficient (Wildman–Crippen LogP) is 4.79. The Balaban J connectivity index is 1.25. The fourth-order valence-corrected chi connectivity index (χ4v) is 5.74. The number of nitrogens with zero attached hydrogens (tertiary/aromatic N) is 3. The van der Waals surface area contributed by atoms with E-state index < -0.39 is 15.8 Å². The Labute approximate surface area is 219 Å². The number of aromatic nitrogens is 1. The van der Waals surface area contributed by atoms with Crippen LogP contribution in [-0.2, 0) is 16.6 Å². The van der Waals surface area contributed by atoms with Crippen LogP contribution in [0.5, 0.6) is 0 Å². The number of fused-ring (bicyclic) bond motifs is 1. The molecule has 1 N–H and O–H groups in total. The van der Waals surface area contributed by atoms with E-state index in [1.54, 1.807) is 29.2 Å². The van der Waals surface area contributed by atoms with Gasteiger partial charge in [-0.3, -0.25) is 19.4 Å². The van der Waals surface area contributed by atoms with Gasteiger partial charge in [-0.1, -0.05) is 41.9 Å². The molecular formula is C27H24ClFN4O3S. The van der Waals surface area contributed by atoms with Crippen molar-refractivity contribution in [3.8, 4) is 0 Å². The third-order valence-corrected chi connectivity index (χ3v) is 7.97. The maximum atomic E-state index is 14.9. The molecule has 2 heterocycles. The molecule has 0 radical (unpaired) electrons. The summed E-state index contributed by atoms with van der Waals surface area (Å²) in [6, 6.07) is 19.7. The Bertz CT molecular complexity index is 1550. The molecule has 1 amide bonds. The zero-order chi connectivity index (χ0) is 26.0. The maximum absolute atomic E-state index is 14.9. The Morgan fingerprint density at radius 2 is 1.70 bits per heavy atom. The maximum Gasteiger partial charge on any atom is 0.264 e. The van der Waals surface area contributed by atoms with Crippen molar-refractivity contribution >= 4 is 44.1 Å². The highest BCUT2D eigenvalue weighted by Gasteiger charge is 2.24. The van der Waals surface area contributed by atoms with E-state index in [4.69, 9.17) is 11.6 Å². The monoisotopic (exact) mass is 538 g/mol. The van der Waals surface area contributed by atoms with Crippen LogP contribution in [0.1, 0.15) is 15.9 Å². The summed E-state index contributed by atoms with van der Waals surface area (Å²) >= 11 is 5.95. The van der Waals surface area contributed by atoms with Crippen LogP contribution in [0, 0.1) is 5.82 Å². The minimum Gasteiger partial charge on any atom is -0.336 e. The van der Waals surface area contributed by atoms with Gasteiger partial charge in [0.2, 0.25) is 0 Å². The highest BCUT2D eigenvalue weighted by Crippen LogP contribution is 2.25. The number of carbonyl (C=O) groups excluding carboxylic acids is 1. The predicted molar refractivity (Wildman–Crippen MR) is 142 cm³/mol. The first-order valence-electron chi connectivity index (χ1n) is 11.7. The summed E-state index contributed by atoms with van der Waals surface area (Å²) in [5.74, 6) is -1.12. The van der Waals surface area contributed by atoms with Crippen molar-refractivity contribution in [2.45, 2.75) is 11.4 Å². The van der Waals surface area contributed by atoms with Crippen molar-refractivity contribution in [3.63, 3.8) is 0 Å². The summed E-state index contributed by atoms with van der Waals surface area (Å²) < 4.78 is 43.2. The summed E-state index contributed by atoms with van der Waals surface area (Å²) in [6.45, 7) is 3.16. The molecule has 0 aliphatic carbocycles. The lowest BCUT2D eigenvalue weighted by Crippen LogP contribution is -2.48. The van der Waals surface area contributed by atoms with E-state index in [1.807, 2.05) is 24.3 Å². The lowest BCUT2D eigenvalue weighted by atomic mass is 10.1. The van der Waals surface area contributed by atoms with Gasteiger partial charge in [0, 0.05) is 54.9 Å². The quantitative estimate of drug-likeness (QED) is 0.382. The topological polar surface area (TPSA) is 82.6 Å². The number of hydrogen-bond donors (Lipinski definition) is 1. The summed E-state index contributed by atoms with van der Waals surface area (Å²) in [5.41, 5.74) is 1.36.